The summed E-state index contributed by atoms with van der Waals surface area (Å²) in [5.41, 5.74) is 1.58. The van der Waals surface area contributed by atoms with Gasteiger partial charge in [-0.2, -0.15) is 18.4 Å². The molecule has 108 valence electrons. The molecule has 0 aliphatic carbocycles. The van der Waals surface area contributed by atoms with Gasteiger partial charge in [-0.05, 0) is 49.2 Å². The van der Waals surface area contributed by atoms with Crippen LogP contribution in [-0.4, -0.2) is 0 Å². The Labute approximate surface area is 120 Å². The van der Waals surface area contributed by atoms with Crippen molar-refractivity contribution in [3.05, 3.63) is 58.7 Å². The largest absolute Gasteiger partial charge is 0.416 e. The van der Waals surface area contributed by atoms with Crippen molar-refractivity contribution < 1.29 is 13.2 Å². The van der Waals surface area contributed by atoms with E-state index in [9.17, 15) is 13.2 Å². The van der Waals surface area contributed by atoms with Crippen molar-refractivity contribution in [3.63, 3.8) is 0 Å². The maximum absolute atomic E-state index is 12.9. The number of benzene rings is 2. The quantitative estimate of drug-likeness (QED) is 0.850. The van der Waals surface area contributed by atoms with E-state index in [1.54, 1.807) is 24.3 Å². The Morgan fingerprint density at radius 3 is 2.38 bits per heavy atom. The van der Waals surface area contributed by atoms with Gasteiger partial charge in [0.25, 0.3) is 0 Å². The van der Waals surface area contributed by atoms with Gasteiger partial charge in [-0.1, -0.05) is 12.1 Å². The highest BCUT2D eigenvalue weighted by Crippen LogP contribution is 2.34. The molecule has 0 aliphatic rings. The molecule has 0 unspecified atom stereocenters. The third-order valence-electron chi connectivity index (χ3n) is 3.12. The molecular formula is C16H13F3N2. The van der Waals surface area contributed by atoms with Crippen molar-refractivity contribution in [2.45, 2.75) is 20.0 Å². The molecule has 0 radical (unpaired) electrons. The second-order valence-electron chi connectivity index (χ2n) is 4.81. The smallest absolute Gasteiger partial charge is 0.354 e. The minimum Gasteiger partial charge on any atom is -0.354 e. The summed E-state index contributed by atoms with van der Waals surface area (Å²) in [5.74, 6) is 0. The number of nitrogens with one attached hydrogen (secondary N) is 1. The van der Waals surface area contributed by atoms with E-state index in [4.69, 9.17) is 5.26 Å². The lowest BCUT2D eigenvalue weighted by Gasteiger charge is -2.14. The van der Waals surface area contributed by atoms with Gasteiger partial charge in [0.1, 0.15) is 6.07 Å². The van der Waals surface area contributed by atoms with Crippen LogP contribution in [0.5, 0.6) is 0 Å². The van der Waals surface area contributed by atoms with Crippen molar-refractivity contribution >= 4 is 11.4 Å². The Kier molecular flexibility index (Phi) is 3.90. The number of nitriles is 1. The number of rotatable bonds is 2. The maximum Gasteiger partial charge on any atom is 0.416 e. The number of hydrogen-bond acceptors (Lipinski definition) is 2. The number of halogens is 3. The van der Waals surface area contributed by atoms with Crippen LogP contribution in [0.25, 0.3) is 0 Å². The van der Waals surface area contributed by atoms with Crippen molar-refractivity contribution in [3.8, 4) is 6.07 Å². The Morgan fingerprint density at radius 1 is 1.05 bits per heavy atom. The zero-order valence-electron chi connectivity index (χ0n) is 11.5. The molecular weight excluding hydrogens is 277 g/mol. The molecule has 0 bridgehead atoms. The molecule has 2 rings (SSSR count). The molecule has 0 atom stereocenters. The molecule has 1 N–H and O–H groups in total. The van der Waals surface area contributed by atoms with Gasteiger partial charge in [-0.3, -0.25) is 0 Å². The SMILES string of the molecule is Cc1ccc(C#N)c(Nc2ccc(C)c(C(F)(F)F)c2)c1. The number of aryl methyl sites for hydroxylation is 2. The topological polar surface area (TPSA) is 35.8 Å². The first-order valence-corrected chi connectivity index (χ1v) is 6.27. The first kappa shape index (κ1) is 14.9. The van der Waals surface area contributed by atoms with E-state index < -0.39 is 11.7 Å². The predicted molar refractivity (Wildman–Crippen MR) is 75.4 cm³/mol. The zero-order valence-corrected chi connectivity index (χ0v) is 11.5. The van der Waals surface area contributed by atoms with Crippen LogP contribution in [0, 0.1) is 25.2 Å². The number of nitrogens with zero attached hydrogens (tertiary/aromatic N) is 1. The van der Waals surface area contributed by atoms with Crippen LogP contribution in [-0.2, 0) is 6.18 Å². The molecule has 0 aliphatic heterocycles. The Bertz CT molecular complexity index is 712. The van der Waals surface area contributed by atoms with Gasteiger partial charge in [0.15, 0.2) is 0 Å². The fourth-order valence-electron chi connectivity index (χ4n) is 2.02. The van der Waals surface area contributed by atoms with Crippen molar-refractivity contribution in [2.75, 3.05) is 5.32 Å². The first-order valence-electron chi connectivity index (χ1n) is 6.27. The summed E-state index contributed by atoms with van der Waals surface area (Å²) in [6.07, 6.45) is -4.40. The van der Waals surface area contributed by atoms with E-state index in [1.807, 2.05) is 13.0 Å². The Morgan fingerprint density at radius 2 is 1.76 bits per heavy atom. The van der Waals surface area contributed by atoms with Crippen molar-refractivity contribution in [1.82, 2.24) is 0 Å². The highest BCUT2D eigenvalue weighted by atomic mass is 19.4. The van der Waals surface area contributed by atoms with Crippen LogP contribution in [0.3, 0.4) is 0 Å². The molecule has 21 heavy (non-hydrogen) atoms. The minimum absolute atomic E-state index is 0.165. The lowest BCUT2D eigenvalue weighted by molar-refractivity contribution is -0.138. The molecule has 2 aromatic rings. The summed E-state index contributed by atoms with van der Waals surface area (Å²) < 4.78 is 38.7. The number of hydrogen-bond donors (Lipinski definition) is 1. The van der Waals surface area contributed by atoms with Gasteiger partial charge in [0.05, 0.1) is 16.8 Å². The highest BCUT2D eigenvalue weighted by molar-refractivity contribution is 5.68. The fraction of sp³-hybridized carbons (Fsp3) is 0.188. The van der Waals surface area contributed by atoms with Crippen molar-refractivity contribution in [1.29, 1.82) is 5.26 Å². The fourth-order valence-corrected chi connectivity index (χ4v) is 2.02. The molecule has 2 aromatic carbocycles. The second kappa shape index (κ2) is 5.49. The highest BCUT2D eigenvalue weighted by Gasteiger charge is 2.32. The van der Waals surface area contributed by atoms with Gasteiger partial charge in [-0.25, -0.2) is 0 Å². The summed E-state index contributed by atoms with van der Waals surface area (Å²) in [5, 5.41) is 11.9. The Balaban J connectivity index is 2.42. The summed E-state index contributed by atoms with van der Waals surface area (Å²) >= 11 is 0. The predicted octanol–water partition coefficient (Wildman–Crippen LogP) is 4.94. The second-order valence-corrected chi connectivity index (χ2v) is 4.81. The van der Waals surface area contributed by atoms with Crippen LogP contribution >= 0.6 is 0 Å². The maximum atomic E-state index is 12.9. The molecule has 0 saturated carbocycles. The van der Waals surface area contributed by atoms with E-state index in [0.29, 0.717) is 16.9 Å². The van der Waals surface area contributed by atoms with E-state index in [1.165, 1.54) is 13.0 Å². The molecule has 5 heteroatoms. The average molecular weight is 290 g/mol. The average Bonchev–Trinajstić information content (AvgIpc) is 2.40. The van der Waals surface area contributed by atoms with Crippen LogP contribution < -0.4 is 5.32 Å². The summed E-state index contributed by atoms with van der Waals surface area (Å²) in [4.78, 5) is 0. The van der Waals surface area contributed by atoms with E-state index >= 15 is 0 Å². The molecule has 0 saturated heterocycles. The lowest BCUT2D eigenvalue weighted by atomic mass is 10.1. The summed E-state index contributed by atoms with van der Waals surface area (Å²) in [6, 6.07) is 11.2. The van der Waals surface area contributed by atoms with Gasteiger partial charge in [-0.15, -0.1) is 0 Å². The molecule has 2 nitrogen and oxygen atoms in total. The first-order chi connectivity index (χ1) is 9.81. The van der Waals surface area contributed by atoms with Crippen LogP contribution in [0.1, 0.15) is 22.3 Å². The standard InChI is InChI=1S/C16H13F3N2/c1-10-3-5-12(9-20)15(7-10)21-13-6-4-11(2)14(8-13)16(17,18)19/h3-8,21H,1-2H3. The normalized spacial score (nSPS) is 11.0. The van der Waals surface area contributed by atoms with Crippen LogP contribution in [0.2, 0.25) is 0 Å². The van der Waals surface area contributed by atoms with Crippen LogP contribution in [0.15, 0.2) is 36.4 Å². The third-order valence-corrected chi connectivity index (χ3v) is 3.12. The summed E-state index contributed by atoms with van der Waals surface area (Å²) in [6.45, 7) is 3.27. The van der Waals surface area contributed by atoms with Gasteiger partial charge >= 0.3 is 6.18 Å². The zero-order chi connectivity index (χ0) is 15.6. The van der Waals surface area contributed by atoms with Gasteiger partial charge in [0, 0.05) is 5.69 Å². The lowest BCUT2D eigenvalue weighted by Crippen LogP contribution is -2.08. The number of alkyl halides is 3. The molecule has 0 aromatic heterocycles. The van der Waals surface area contributed by atoms with E-state index in [2.05, 4.69) is 5.32 Å². The Hall–Kier alpha value is -2.48. The van der Waals surface area contributed by atoms with E-state index in [-0.39, 0.29) is 5.56 Å². The molecule has 0 amide bonds. The third kappa shape index (κ3) is 3.34. The number of anilines is 2. The minimum atomic E-state index is -4.40. The molecule has 0 spiro atoms. The van der Waals surface area contributed by atoms with Gasteiger partial charge < -0.3 is 5.32 Å². The van der Waals surface area contributed by atoms with E-state index in [0.717, 1.165) is 11.6 Å². The molecule has 0 heterocycles. The monoisotopic (exact) mass is 290 g/mol. The van der Waals surface area contributed by atoms with Gasteiger partial charge in [0.2, 0.25) is 0 Å². The van der Waals surface area contributed by atoms with Crippen LogP contribution in [0.4, 0.5) is 24.5 Å². The molecule has 0 fully saturated rings. The van der Waals surface area contributed by atoms with Crippen molar-refractivity contribution in [2.24, 2.45) is 0 Å². The summed E-state index contributed by atoms with van der Waals surface area (Å²) in [7, 11) is 0.